The molecule has 1 fully saturated rings. The van der Waals surface area contributed by atoms with Gasteiger partial charge in [-0.15, -0.1) is 0 Å². The molecule has 2 rings (SSSR count). The Morgan fingerprint density at radius 3 is 3.00 bits per heavy atom. The van der Waals surface area contributed by atoms with Crippen molar-refractivity contribution < 1.29 is 4.74 Å². The van der Waals surface area contributed by atoms with Gasteiger partial charge in [0.2, 0.25) is 0 Å². The third kappa shape index (κ3) is 3.86. The summed E-state index contributed by atoms with van der Waals surface area (Å²) in [5, 5.41) is 3.44. The van der Waals surface area contributed by atoms with Crippen molar-refractivity contribution in [2.75, 3.05) is 6.54 Å². The number of nitrogens with one attached hydrogen (secondary N) is 1. The molecule has 1 aliphatic rings. The fourth-order valence-electron chi connectivity index (χ4n) is 1.64. The summed E-state index contributed by atoms with van der Waals surface area (Å²) in [7, 11) is 0. The van der Waals surface area contributed by atoms with Crippen LogP contribution in [0.3, 0.4) is 0 Å². The SMILES string of the molecule is CCCCNCc1cccc(OC2CC2)c1. The number of unbranched alkanes of at least 4 members (excludes halogenated alkanes) is 1. The summed E-state index contributed by atoms with van der Waals surface area (Å²) in [5.74, 6) is 1.03. The lowest BCUT2D eigenvalue weighted by Crippen LogP contribution is -2.14. The third-order valence-electron chi connectivity index (χ3n) is 2.76. The molecular formula is C14H21NO. The highest BCUT2D eigenvalue weighted by Crippen LogP contribution is 2.26. The molecule has 0 radical (unpaired) electrons. The van der Waals surface area contributed by atoms with E-state index in [9.17, 15) is 0 Å². The molecule has 1 aromatic carbocycles. The lowest BCUT2D eigenvalue weighted by molar-refractivity contribution is 0.303. The minimum Gasteiger partial charge on any atom is -0.490 e. The van der Waals surface area contributed by atoms with E-state index in [1.54, 1.807) is 0 Å². The van der Waals surface area contributed by atoms with Gasteiger partial charge in [0.25, 0.3) is 0 Å². The zero-order chi connectivity index (χ0) is 11.2. The summed E-state index contributed by atoms with van der Waals surface area (Å²) in [4.78, 5) is 0. The quantitative estimate of drug-likeness (QED) is 0.711. The van der Waals surface area contributed by atoms with E-state index in [1.165, 1.54) is 31.2 Å². The Bertz CT molecular complexity index is 320. The topological polar surface area (TPSA) is 21.3 Å². The monoisotopic (exact) mass is 219 g/mol. The van der Waals surface area contributed by atoms with E-state index in [-0.39, 0.29) is 0 Å². The number of ether oxygens (including phenoxy) is 1. The van der Waals surface area contributed by atoms with Crippen LogP contribution in [0.25, 0.3) is 0 Å². The normalized spacial score (nSPS) is 15.1. The molecule has 0 unspecified atom stereocenters. The van der Waals surface area contributed by atoms with Crippen molar-refractivity contribution in [3.8, 4) is 5.75 Å². The van der Waals surface area contributed by atoms with E-state index >= 15 is 0 Å². The first-order valence-corrected chi connectivity index (χ1v) is 6.35. The van der Waals surface area contributed by atoms with Crippen LogP contribution in [0.15, 0.2) is 24.3 Å². The second kappa shape index (κ2) is 5.90. The molecule has 0 aliphatic heterocycles. The molecule has 0 aromatic heterocycles. The molecule has 1 saturated carbocycles. The summed E-state index contributed by atoms with van der Waals surface area (Å²) in [6.07, 6.45) is 5.43. The highest BCUT2D eigenvalue weighted by atomic mass is 16.5. The first-order chi connectivity index (χ1) is 7.88. The van der Waals surface area contributed by atoms with Crippen molar-refractivity contribution in [1.29, 1.82) is 0 Å². The van der Waals surface area contributed by atoms with E-state index in [1.807, 2.05) is 6.07 Å². The van der Waals surface area contributed by atoms with Crippen molar-refractivity contribution >= 4 is 0 Å². The molecule has 0 heterocycles. The van der Waals surface area contributed by atoms with E-state index in [0.29, 0.717) is 6.10 Å². The molecule has 0 amide bonds. The van der Waals surface area contributed by atoms with Gasteiger partial charge in [-0.25, -0.2) is 0 Å². The molecule has 16 heavy (non-hydrogen) atoms. The van der Waals surface area contributed by atoms with Crippen molar-refractivity contribution in [1.82, 2.24) is 5.32 Å². The Balaban J connectivity index is 1.78. The van der Waals surface area contributed by atoms with Gasteiger partial charge in [-0.1, -0.05) is 25.5 Å². The average Bonchev–Trinajstić information content (AvgIpc) is 3.09. The maximum absolute atomic E-state index is 5.77. The van der Waals surface area contributed by atoms with Gasteiger partial charge in [0, 0.05) is 6.54 Å². The first kappa shape index (κ1) is 11.5. The molecule has 0 bridgehead atoms. The Labute approximate surface area is 98.0 Å². The van der Waals surface area contributed by atoms with Crippen LogP contribution in [0, 0.1) is 0 Å². The van der Waals surface area contributed by atoms with Crippen LogP contribution >= 0.6 is 0 Å². The van der Waals surface area contributed by atoms with Gasteiger partial charge in [0.1, 0.15) is 5.75 Å². The van der Waals surface area contributed by atoms with Gasteiger partial charge >= 0.3 is 0 Å². The summed E-state index contributed by atoms with van der Waals surface area (Å²) in [5.41, 5.74) is 1.31. The zero-order valence-electron chi connectivity index (χ0n) is 10.0. The number of hydrogen-bond acceptors (Lipinski definition) is 2. The maximum atomic E-state index is 5.77. The van der Waals surface area contributed by atoms with Crippen LogP contribution in [0.2, 0.25) is 0 Å². The number of rotatable bonds is 7. The van der Waals surface area contributed by atoms with Crippen molar-refractivity contribution in [3.05, 3.63) is 29.8 Å². The second-order valence-electron chi connectivity index (χ2n) is 4.49. The Morgan fingerprint density at radius 2 is 2.25 bits per heavy atom. The number of hydrogen-bond donors (Lipinski definition) is 1. The molecule has 88 valence electrons. The van der Waals surface area contributed by atoms with Gasteiger partial charge in [0.05, 0.1) is 6.10 Å². The lowest BCUT2D eigenvalue weighted by atomic mass is 10.2. The predicted octanol–water partition coefficient (Wildman–Crippen LogP) is 3.12. The Kier molecular flexibility index (Phi) is 4.23. The van der Waals surface area contributed by atoms with E-state index in [4.69, 9.17) is 4.74 Å². The molecule has 1 aliphatic carbocycles. The average molecular weight is 219 g/mol. The molecular weight excluding hydrogens is 198 g/mol. The van der Waals surface area contributed by atoms with Gasteiger partial charge in [-0.2, -0.15) is 0 Å². The molecule has 0 saturated heterocycles. The molecule has 0 atom stereocenters. The fourth-order valence-corrected chi connectivity index (χ4v) is 1.64. The van der Waals surface area contributed by atoms with Crippen LogP contribution in [0.1, 0.15) is 38.2 Å². The molecule has 2 heteroatoms. The van der Waals surface area contributed by atoms with Gasteiger partial charge in [-0.05, 0) is 43.5 Å². The van der Waals surface area contributed by atoms with Gasteiger partial charge in [0.15, 0.2) is 0 Å². The Hall–Kier alpha value is -1.02. The van der Waals surface area contributed by atoms with E-state index in [0.717, 1.165) is 18.8 Å². The van der Waals surface area contributed by atoms with Crippen LogP contribution in [-0.4, -0.2) is 12.6 Å². The lowest BCUT2D eigenvalue weighted by Gasteiger charge is -2.07. The molecule has 1 N–H and O–H groups in total. The highest BCUT2D eigenvalue weighted by molar-refractivity contribution is 5.28. The molecule has 0 spiro atoms. The summed E-state index contributed by atoms with van der Waals surface area (Å²) in [6.45, 7) is 4.26. The van der Waals surface area contributed by atoms with Crippen molar-refractivity contribution in [3.63, 3.8) is 0 Å². The maximum Gasteiger partial charge on any atom is 0.120 e. The standard InChI is InChI=1S/C14H21NO/c1-2-3-9-15-11-12-5-4-6-14(10-12)16-13-7-8-13/h4-6,10,13,15H,2-3,7-9,11H2,1H3. The zero-order valence-corrected chi connectivity index (χ0v) is 10.0. The predicted molar refractivity (Wildman–Crippen MR) is 66.7 cm³/mol. The first-order valence-electron chi connectivity index (χ1n) is 6.35. The van der Waals surface area contributed by atoms with E-state index in [2.05, 4.69) is 30.4 Å². The van der Waals surface area contributed by atoms with Gasteiger partial charge < -0.3 is 10.1 Å². The van der Waals surface area contributed by atoms with Crippen LogP contribution in [-0.2, 0) is 6.54 Å². The van der Waals surface area contributed by atoms with Crippen LogP contribution in [0.4, 0.5) is 0 Å². The Morgan fingerprint density at radius 1 is 1.38 bits per heavy atom. The van der Waals surface area contributed by atoms with Crippen LogP contribution < -0.4 is 10.1 Å². The highest BCUT2D eigenvalue weighted by Gasteiger charge is 2.23. The summed E-state index contributed by atoms with van der Waals surface area (Å²) >= 11 is 0. The van der Waals surface area contributed by atoms with Crippen LogP contribution in [0.5, 0.6) is 5.75 Å². The second-order valence-corrected chi connectivity index (χ2v) is 4.49. The minimum atomic E-state index is 0.489. The van der Waals surface area contributed by atoms with Crippen molar-refractivity contribution in [2.45, 2.75) is 45.3 Å². The third-order valence-corrected chi connectivity index (χ3v) is 2.76. The molecule has 2 nitrogen and oxygen atoms in total. The minimum absolute atomic E-state index is 0.489. The fraction of sp³-hybridized carbons (Fsp3) is 0.571. The van der Waals surface area contributed by atoms with Gasteiger partial charge in [-0.3, -0.25) is 0 Å². The largest absolute Gasteiger partial charge is 0.490 e. The smallest absolute Gasteiger partial charge is 0.120 e. The van der Waals surface area contributed by atoms with E-state index < -0.39 is 0 Å². The number of benzene rings is 1. The van der Waals surface area contributed by atoms with Crippen molar-refractivity contribution in [2.24, 2.45) is 0 Å². The summed E-state index contributed by atoms with van der Waals surface area (Å²) in [6, 6.07) is 8.43. The molecule has 1 aromatic rings. The summed E-state index contributed by atoms with van der Waals surface area (Å²) < 4.78 is 5.77.